The Balaban J connectivity index is 2.21. The maximum atomic E-state index is 11.5. The van der Waals surface area contributed by atoms with Crippen LogP contribution in [0.2, 0.25) is 0 Å². The number of esters is 1. The standard InChI is InChI=1S/C12H18N2O3S/c1-17-12(16)9-2-4-10(5-3-9)14-11(15)8-18-7-6-13/h9-10H,2-5,7-8H2,1H3,(H,14,15). The second kappa shape index (κ2) is 7.98. The third kappa shape index (κ3) is 4.96. The molecule has 100 valence electrons. The molecule has 0 aromatic carbocycles. The highest BCUT2D eigenvalue weighted by molar-refractivity contribution is 8.00. The van der Waals surface area contributed by atoms with Gasteiger partial charge in [0, 0.05) is 6.04 Å². The van der Waals surface area contributed by atoms with Gasteiger partial charge in [-0.15, -0.1) is 11.8 Å². The lowest BCUT2D eigenvalue weighted by Gasteiger charge is -2.27. The minimum atomic E-state index is -0.149. The van der Waals surface area contributed by atoms with Crippen molar-refractivity contribution in [2.75, 3.05) is 18.6 Å². The zero-order chi connectivity index (χ0) is 13.4. The van der Waals surface area contributed by atoms with Gasteiger partial charge in [-0.05, 0) is 25.7 Å². The number of carbonyl (C=O) groups excluding carboxylic acids is 2. The fraction of sp³-hybridized carbons (Fsp3) is 0.750. The van der Waals surface area contributed by atoms with Crippen LogP contribution in [0.5, 0.6) is 0 Å². The zero-order valence-corrected chi connectivity index (χ0v) is 11.3. The van der Waals surface area contributed by atoms with Gasteiger partial charge >= 0.3 is 5.97 Å². The van der Waals surface area contributed by atoms with E-state index in [1.54, 1.807) is 0 Å². The van der Waals surface area contributed by atoms with Crippen molar-refractivity contribution in [1.82, 2.24) is 5.32 Å². The highest BCUT2D eigenvalue weighted by Crippen LogP contribution is 2.25. The summed E-state index contributed by atoms with van der Waals surface area (Å²) in [7, 11) is 1.41. The molecule has 1 fully saturated rings. The smallest absolute Gasteiger partial charge is 0.308 e. The molecule has 1 rings (SSSR count). The summed E-state index contributed by atoms with van der Waals surface area (Å²) in [5, 5.41) is 11.3. The Kier molecular flexibility index (Phi) is 6.58. The largest absolute Gasteiger partial charge is 0.469 e. The van der Waals surface area contributed by atoms with E-state index in [4.69, 9.17) is 10.00 Å². The van der Waals surface area contributed by atoms with Gasteiger partial charge in [0.2, 0.25) is 5.91 Å². The molecule has 0 aliphatic heterocycles. The number of hydrogen-bond donors (Lipinski definition) is 1. The van der Waals surface area contributed by atoms with Crippen molar-refractivity contribution in [1.29, 1.82) is 5.26 Å². The normalized spacial score (nSPS) is 22.9. The molecule has 1 N–H and O–H groups in total. The molecule has 0 aromatic heterocycles. The molecule has 1 aliphatic carbocycles. The van der Waals surface area contributed by atoms with Gasteiger partial charge in [0.05, 0.1) is 30.6 Å². The molecule has 0 unspecified atom stereocenters. The van der Waals surface area contributed by atoms with Gasteiger partial charge in [0.15, 0.2) is 0 Å². The molecule has 1 saturated carbocycles. The van der Waals surface area contributed by atoms with Crippen molar-refractivity contribution in [3.63, 3.8) is 0 Å². The van der Waals surface area contributed by atoms with Gasteiger partial charge in [-0.3, -0.25) is 9.59 Å². The molecule has 1 amide bonds. The molecular formula is C12H18N2O3S. The summed E-state index contributed by atoms with van der Waals surface area (Å²) < 4.78 is 4.71. The molecule has 0 bridgehead atoms. The topological polar surface area (TPSA) is 79.2 Å². The van der Waals surface area contributed by atoms with Crippen molar-refractivity contribution < 1.29 is 14.3 Å². The quantitative estimate of drug-likeness (QED) is 0.597. The number of amides is 1. The van der Waals surface area contributed by atoms with Crippen molar-refractivity contribution in [3.8, 4) is 6.07 Å². The van der Waals surface area contributed by atoms with Gasteiger partial charge in [0.1, 0.15) is 0 Å². The van der Waals surface area contributed by atoms with E-state index in [1.165, 1.54) is 18.9 Å². The molecule has 18 heavy (non-hydrogen) atoms. The van der Waals surface area contributed by atoms with E-state index in [0.29, 0.717) is 11.5 Å². The van der Waals surface area contributed by atoms with Crippen LogP contribution in [0.1, 0.15) is 25.7 Å². The van der Waals surface area contributed by atoms with Crippen LogP contribution in [-0.2, 0) is 14.3 Å². The summed E-state index contributed by atoms with van der Waals surface area (Å²) in [5.74, 6) is 0.463. The summed E-state index contributed by atoms with van der Waals surface area (Å²) in [4.78, 5) is 22.9. The van der Waals surface area contributed by atoms with Crippen LogP contribution in [0.3, 0.4) is 0 Å². The Morgan fingerprint density at radius 3 is 2.61 bits per heavy atom. The number of carbonyl (C=O) groups is 2. The highest BCUT2D eigenvalue weighted by Gasteiger charge is 2.27. The Labute approximate surface area is 111 Å². The summed E-state index contributed by atoms with van der Waals surface area (Å²) in [6.45, 7) is 0. The lowest BCUT2D eigenvalue weighted by atomic mass is 9.86. The summed E-state index contributed by atoms with van der Waals surface area (Å²) in [6.07, 6.45) is 3.16. The van der Waals surface area contributed by atoms with Gasteiger partial charge in [-0.25, -0.2) is 0 Å². The number of nitrogens with one attached hydrogen (secondary N) is 1. The zero-order valence-electron chi connectivity index (χ0n) is 10.5. The first-order valence-electron chi connectivity index (χ1n) is 5.99. The first-order chi connectivity index (χ1) is 8.67. The van der Waals surface area contributed by atoms with Crippen LogP contribution in [-0.4, -0.2) is 36.5 Å². The second-order valence-corrected chi connectivity index (χ2v) is 5.28. The third-order valence-electron chi connectivity index (χ3n) is 3.03. The first-order valence-corrected chi connectivity index (χ1v) is 7.14. The monoisotopic (exact) mass is 270 g/mol. The molecular weight excluding hydrogens is 252 g/mol. The molecule has 0 saturated heterocycles. The molecule has 6 heteroatoms. The third-order valence-corrected chi connectivity index (χ3v) is 3.83. The maximum Gasteiger partial charge on any atom is 0.308 e. The van der Waals surface area contributed by atoms with E-state index < -0.39 is 0 Å². The van der Waals surface area contributed by atoms with Crippen LogP contribution >= 0.6 is 11.8 Å². The van der Waals surface area contributed by atoms with E-state index in [0.717, 1.165) is 25.7 Å². The fourth-order valence-electron chi connectivity index (χ4n) is 2.10. The van der Waals surface area contributed by atoms with E-state index in [1.807, 2.05) is 6.07 Å². The van der Waals surface area contributed by atoms with Crippen molar-refractivity contribution in [2.45, 2.75) is 31.7 Å². The van der Waals surface area contributed by atoms with Crippen molar-refractivity contribution >= 4 is 23.6 Å². The van der Waals surface area contributed by atoms with Crippen molar-refractivity contribution in [2.24, 2.45) is 5.92 Å². The van der Waals surface area contributed by atoms with E-state index in [-0.39, 0.29) is 23.8 Å². The van der Waals surface area contributed by atoms with Gasteiger partial charge in [-0.1, -0.05) is 0 Å². The SMILES string of the molecule is COC(=O)C1CCC(NC(=O)CSCC#N)CC1. The molecule has 0 aromatic rings. The molecule has 0 heterocycles. The Morgan fingerprint density at radius 2 is 2.06 bits per heavy atom. The van der Waals surface area contributed by atoms with Gasteiger partial charge in [-0.2, -0.15) is 5.26 Å². The predicted octanol–water partition coefficient (Wildman–Crippen LogP) is 1.09. The first kappa shape index (κ1) is 14.8. The molecule has 5 nitrogen and oxygen atoms in total. The minimum Gasteiger partial charge on any atom is -0.469 e. The average molecular weight is 270 g/mol. The number of ether oxygens (including phenoxy) is 1. The number of hydrogen-bond acceptors (Lipinski definition) is 5. The van der Waals surface area contributed by atoms with Gasteiger partial charge in [0.25, 0.3) is 0 Å². The molecule has 0 atom stereocenters. The Morgan fingerprint density at radius 1 is 1.39 bits per heavy atom. The number of rotatable bonds is 5. The lowest BCUT2D eigenvalue weighted by molar-refractivity contribution is -0.146. The van der Waals surface area contributed by atoms with Crippen LogP contribution in [0.25, 0.3) is 0 Å². The van der Waals surface area contributed by atoms with Gasteiger partial charge < -0.3 is 10.1 Å². The summed E-state index contributed by atoms with van der Waals surface area (Å²) in [5.41, 5.74) is 0. The van der Waals surface area contributed by atoms with E-state index >= 15 is 0 Å². The van der Waals surface area contributed by atoms with Crippen LogP contribution < -0.4 is 5.32 Å². The number of nitriles is 1. The van der Waals surface area contributed by atoms with E-state index in [2.05, 4.69) is 5.32 Å². The summed E-state index contributed by atoms with van der Waals surface area (Å²) in [6, 6.07) is 2.14. The van der Waals surface area contributed by atoms with Crippen LogP contribution in [0.4, 0.5) is 0 Å². The van der Waals surface area contributed by atoms with E-state index in [9.17, 15) is 9.59 Å². The maximum absolute atomic E-state index is 11.5. The lowest BCUT2D eigenvalue weighted by Crippen LogP contribution is -2.39. The molecule has 1 aliphatic rings. The van der Waals surface area contributed by atoms with Crippen LogP contribution in [0.15, 0.2) is 0 Å². The minimum absolute atomic E-state index is 0.0175. The van der Waals surface area contributed by atoms with Crippen molar-refractivity contribution in [3.05, 3.63) is 0 Å². The molecule has 0 radical (unpaired) electrons. The number of methoxy groups -OCH3 is 1. The summed E-state index contributed by atoms with van der Waals surface area (Å²) >= 11 is 1.31. The Hall–Kier alpha value is -1.22. The predicted molar refractivity (Wildman–Crippen MR) is 68.8 cm³/mol. The second-order valence-electron chi connectivity index (χ2n) is 4.29. The fourth-order valence-corrected chi connectivity index (χ4v) is 2.56. The molecule has 0 spiro atoms. The van der Waals surface area contributed by atoms with Crippen LogP contribution in [0, 0.1) is 17.2 Å². The Bertz CT molecular complexity index is 333. The number of thioether (sulfide) groups is 1. The number of nitrogens with zero attached hydrogens (tertiary/aromatic N) is 1. The average Bonchev–Trinajstić information content (AvgIpc) is 2.39. The highest BCUT2D eigenvalue weighted by atomic mass is 32.2.